The third-order valence-electron chi connectivity index (χ3n) is 8.08. The fourth-order valence-electron chi connectivity index (χ4n) is 5.86. The van der Waals surface area contributed by atoms with Crippen LogP contribution in [0, 0.1) is 5.92 Å². The Morgan fingerprint density at radius 2 is 1.67 bits per heavy atom. The Bertz CT molecular complexity index is 1320. The number of carbonyl (C=O) groups is 2. The van der Waals surface area contributed by atoms with Crippen molar-refractivity contribution >= 4 is 23.4 Å². The van der Waals surface area contributed by atoms with Gasteiger partial charge in [-0.2, -0.15) is 0 Å². The number of piperidine rings is 2. The number of nitrogens with two attached hydrogens (primary N) is 1. The molecular formula is C30H35N5O4. The van der Waals surface area contributed by atoms with E-state index in [0.29, 0.717) is 75.5 Å². The Hall–Kier alpha value is -4.14. The first-order valence-corrected chi connectivity index (χ1v) is 13.6. The van der Waals surface area contributed by atoms with E-state index in [0.717, 1.165) is 11.3 Å². The SMILES string of the molecule is CCOC(=O)C1CCN(C(=O)C2(c3ccccc3)CCN(c3cc(-c4ccccc4O)nnc3N)CC2)CC1. The van der Waals surface area contributed by atoms with Gasteiger partial charge in [0.05, 0.1) is 29.3 Å². The monoisotopic (exact) mass is 529 g/mol. The maximum Gasteiger partial charge on any atom is 0.309 e. The number of phenols is 1. The summed E-state index contributed by atoms with van der Waals surface area (Å²) in [6.07, 6.45) is 2.47. The molecule has 9 nitrogen and oxygen atoms in total. The van der Waals surface area contributed by atoms with Gasteiger partial charge in [-0.3, -0.25) is 9.59 Å². The topological polar surface area (TPSA) is 122 Å². The van der Waals surface area contributed by atoms with Crippen molar-refractivity contribution in [1.29, 1.82) is 0 Å². The van der Waals surface area contributed by atoms with Crippen LogP contribution in [0.2, 0.25) is 0 Å². The molecular weight excluding hydrogens is 494 g/mol. The summed E-state index contributed by atoms with van der Waals surface area (Å²) in [5.74, 6) is 0.244. The summed E-state index contributed by atoms with van der Waals surface area (Å²) in [6.45, 7) is 4.50. The number of anilines is 2. The van der Waals surface area contributed by atoms with Crippen LogP contribution in [0.25, 0.3) is 11.3 Å². The minimum absolute atomic E-state index is 0.117. The maximum absolute atomic E-state index is 14.2. The summed E-state index contributed by atoms with van der Waals surface area (Å²) < 4.78 is 5.21. The normalized spacial score (nSPS) is 17.6. The number of phenolic OH excluding ortho intramolecular Hbond substituents is 1. The van der Waals surface area contributed by atoms with Crippen LogP contribution in [0.3, 0.4) is 0 Å². The van der Waals surface area contributed by atoms with Crippen LogP contribution in [-0.4, -0.2) is 64.9 Å². The molecule has 204 valence electrons. The van der Waals surface area contributed by atoms with Crippen molar-refractivity contribution in [3.8, 4) is 17.0 Å². The van der Waals surface area contributed by atoms with Gasteiger partial charge in [0.2, 0.25) is 5.91 Å². The molecule has 2 aliphatic heterocycles. The van der Waals surface area contributed by atoms with E-state index >= 15 is 0 Å². The van der Waals surface area contributed by atoms with E-state index in [1.807, 2.05) is 54.3 Å². The number of benzene rings is 2. The predicted molar refractivity (Wildman–Crippen MR) is 149 cm³/mol. The fourth-order valence-corrected chi connectivity index (χ4v) is 5.86. The zero-order valence-corrected chi connectivity index (χ0v) is 22.3. The molecule has 9 heteroatoms. The Morgan fingerprint density at radius 1 is 1.00 bits per heavy atom. The number of carbonyl (C=O) groups excluding carboxylic acids is 2. The number of para-hydroxylation sites is 1. The van der Waals surface area contributed by atoms with Crippen molar-refractivity contribution in [2.24, 2.45) is 5.92 Å². The summed E-state index contributed by atoms with van der Waals surface area (Å²) in [5, 5.41) is 18.7. The van der Waals surface area contributed by atoms with Gasteiger partial charge >= 0.3 is 5.97 Å². The van der Waals surface area contributed by atoms with Gasteiger partial charge in [0.15, 0.2) is 5.82 Å². The second-order valence-electron chi connectivity index (χ2n) is 10.3. The lowest BCUT2D eigenvalue weighted by atomic mass is 9.71. The zero-order valence-electron chi connectivity index (χ0n) is 22.3. The molecule has 1 aromatic heterocycles. The van der Waals surface area contributed by atoms with Gasteiger partial charge in [0, 0.05) is 31.7 Å². The highest BCUT2D eigenvalue weighted by Gasteiger charge is 2.46. The van der Waals surface area contributed by atoms with Gasteiger partial charge in [-0.25, -0.2) is 0 Å². The summed E-state index contributed by atoms with van der Waals surface area (Å²) >= 11 is 0. The average Bonchev–Trinajstić information content (AvgIpc) is 2.98. The molecule has 39 heavy (non-hydrogen) atoms. The lowest BCUT2D eigenvalue weighted by Crippen LogP contribution is -2.55. The standard InChI is InChI=1S/C30H35N5O4/c1-2-39-28(37)21-12-16-35(17-13-21)29(38)30(22-8-4-3-5-9-22)14-18-34(19-15-30)25-20-24(32-33-27(25)31)23-10-6-7-11-26(23)36/h3-11,20-21,36H,2,12-19H2,1H3,(H2,31,33). The molecule has 0 aliphatic carbocycles. The van der Waals surface area contributed by atoms with Crippen LogP contribution in [0.4, 0.5) is 11.5 Å². The van der Waals surface area contributed by atoms with Gasteiger partial charge in [-0.1, -0.05) is 42.5 Å². The number of hydrogen-bond acceptors (Lipinski definition) is 8. The van der Waals surface area contributed by atoms with Crippen molar-refractivity contribution < 1.29 is 19.4 Å². The molecule has 2 aliphatic rings. The van der Waals surface area contributed by atoms with E-state index in [2.05, 4.69) is 15.1 Å². The van der Waals surface area contributed by atoms with Gasteiger partial charge in [0.25, 0.3) is 0 Å². The predicted octanol–water partition coefficient (Wildman–Crippen LogP) is 3.77. The summed E-state index contributed by atoms with van der Waals surface area (Å²) in [6, 6.07) is 18.9. The maximum atomic E-state index is 14.2. The van der Waals surface area contributed by atoms with E-state index in [-0.39, 0.29) is 23.5 Å². The number of nitrogens with zero attached hydrogens (tertiary/aromatic N) is 4. The second-order valence-corrected chi connectivity index (χ2v) is 10.3. The van der Waals surface area contributed by atoms with Crippen molar-refractivity contribution in [2.75, 3.05) is 43.4 Å². The fraction of sp³-hybridized carbons (Fsp3) is 0.400. The highest BCUT2D eigenvalue weighted by molar-refractivity contribution is 5.89. The zero-order chi connectivity index (χ0) is 27.4. The molecule has 2 aromatic carbocycles. The molecule has 0 unspecified atom stereocenters. The Morgan fingerprint density at radius 3 is 2.33 bits per heavy atom. The molecule has 5 rings (SSSR count). The lowest BCUT2D eigenvalue weighted by Gasteiger charge is -2.45. The third-order valence-corrected chi connectivity index (χ3v) is 8.08. The van der Waals surface area contributed by atoms with Crippen molar-refractivity contribution in [3.05, 3.63) is 66.2 Å². The van der Waals surface area contributed by atoms with Gasteiger partial charge in [-0.15, -0.1) is 10.2 Å². The molecule has 3 N–H and O–H groups in total. The van der Waals surface area contributed by atoms with Gasteiger partial charge < -0.3 is 25.4 Å². The number of esters is 1. The third kappa shape index (κ3) is 5.26. The first-order chi connectivity index (χ1) is 18.9. The van der Waals surface area contributed by atoms with Crippen LogP contribution in [0.15, 0.2) is 60.7 Å². The van der Waals surface area contributed by atoms with Crippen LogP contribution < -0.4 is 10.6 Å². The number of amides is 1. The van der Waals surface area contributed by atoms with Crippen LogP contribution in [0.5, 0.6) is 5.75 Å². The Balaban J connectivity index is 1.37. The lowest BCUT2D eigenvalue weighted by molar-refractivity contribution is -0.152. The molecule has 1 amide bonds. The minimum Gasteiger partial charge on any atom is -0.507 e. The number of likely N-dealkylation sites (tertiary alicyclic amines) is 1. The van der Waals surface area contributed by atoms with Crippen molar-refractivity contribution in [2.45, 2.75) is 38.0 Å². The summed E-state index contributed by atoms with van der Waals surface area (Å²) in [4.78, 5) is 30.5. The quantitative estimate of drug-likeness (QED) is 0.463. The number of nitrogen functional groups attached to an aromatic ring is 1. The van der Waals surface area contributed by atoms with E-state index in [1.165, 1.54) is 0 Å². The van der Waals surface area contributed by atoms with Gasteiger partial charge in [0.1, 0.15) is 5.75 Å². The Labute approximate surface area is 228 Å². The highest BCUT2D eigenvalue weighted by atomic mass is 16.5. The molecule has 2 fully saturated rings. The van der Waals surface area contributed by atoms with E-state index in [4.69, 9.17) is 10.5 Å². The number of hydrogen-bond donors (Lipinski definition) is 2. The molecule has 2 saturated heterocycles. The van der Waals surface area contributed by atoms with Crippen LogP contribution in [-0.2, 0) is 19.7 Å². The largest absolute Gasteiger partial charge is 0.507 e. The smallest absolute Gasteiger partial charge is 0.309 e. The average molecular weight is 530 g/mol. The molecule has 0 radical (unpaired) electrons. The molecule has 0 spiro atoms. The number of aromatic hydroxyl groups is 1. The van der Waals surface area contributed by atoms with Crippen molar-refractivity contribution in [1.82, 2.24) is 15.1 Å². The second kappa shape index (κ2) is 11.3. The van der Waals surface area contributed by atoms with E-state index < -0.39 is 5.41 Å². The van der Waals surface area contributed by atoms with Crippen LogP contribution >= 0.6 is 0 Å². The first-order valence-electron chi connectivity index (χ1n) is 13.6. The summed E-state index contributed by atoms with van der Waals surface area (Å²) in [7, 11) is 0. The first kappa shape index (κ1) is 26.5. The Kier molecular flexibility index (Phi) is 7.67. The highest BCUT2D eigenvalue weighted by Crippen LogP contribution is 2.41. The molecule has 3 heterocycles. The minimum atomic E-state index is -0.662. The van der Waals surface area contributed by atoms with E-state index in [1.54, 1.807) is 18.2 Å². The number of aromatic nitrogens is 2. The van der Waals surface area contributed by atoms with Gasteiger partial charge in [-0.05, 0) is 56.4 Å². The molecule has 3 aromatic rings. The van der Waals surface area contributed by atoms with E-state index in [9.17, 15) is 14.7 Å². The summed E-state index contributed by atoms with van der Waals surface area (Å²) in [5.41, 5.74) is 8.48. The number of ether oxygens (including phenoxy) is 1. The molecule has 0 bridgehead atoms. The molecule has 0 saturated carbocycles. The number of rotatable bonds is 6. The molecule has 0 atom stereocenters. The van der Waals surface area contributed by atoms with Crippen LogP contribution in [0.1, 0.15) is 38.2 Å². The van der Waals surface area contributed by atoms with Crippen molar-refractivity contribution in [3.63, 3.8) is 0 Å².